The molecule has 0 aliphatic carbocycles. The van der Waals surface area contributed by atoms with Crippen molar-refractivity contribution in [1.82, 2.24) is 20.4 Å². The minimum atomic E-state index is -4.61. The molecular weight excluding hydrogens is 340 g/mol. The molecule has 12 heteroatoms. The third kappa shape index (κ3) is 5.60. The number of rotatable bonds is 3. The van der Waals surface area contributed by atoms with Crippen LogP contribution in [-0.4, -0.2) is 34.4 Å². The molecule has 0 spiro atoms. The second-order valence-electron chi connectivity index (χ2n) is 3.62. The van der Waals surface area contributed by atoms with E-state index in [0.29, 0.717) is 4.68 Å². The topological polar surface area (TPSA) is 93.1 Å². The first kappa shape index (κ1) is 17.2. The van der Waals surface area contributed by atoms with Gasteiger partial charge >= 0.3 is 12.2 Å². The normalized spacial score (nSPS) is 11.1. The van der Waals surface area contributed by atoms with Gasteiger partial charge in [0, 0.05) is 0 Å². The van der Waals surface area contributed by atoms with Gasteiger partial charge in [0.05, 0.1) is 11.2 Å². The molecule has 1 aromatic rings. The number of nitrogens with zero attached hydrogens (tertiary/aromatic N) is 2. The molecule has 0 unspecified atom stereocenters. The van der Waals surface area contributed by atoms with Gasteiger partial charge in [0.25, 0.3) is 5.56 Å². The molecule has 1 heterocycles. The summed E-state index contributed by atoms with van der Waals surface area (Å²) in [4.78, 5) is 33.9. The van der Waals surface area contributed by atoms with Crippen molar-refractivity contribution in [2.45, 2.75) is 12.7 Å². The molecule has 0 aliphatic rings. The zero-order valence-corrected chi connectivity index (χ0v) is 11.5. The van der Waals surface area contributed by atoms with Crippen molar-refractivity contribution in [3.63, 3.8) is 0 Å². The number of imide groups is 1. The van der Waals surface area contributed by atoms with Gasteiger partial charge in [-0.3, -0.25) is 14.9 Å². The Morgan fingerprint density at radius 3 is 2.52 bits per heavy atom. The number of aromatic nitrogens is 2. The summed E-state index contributed by atoms with van der Waals surface area (Å²) >= 11 is 11.0. The standard InChI is InChI=1S/C9H7Cl2F3N4O3/c10-4-1-16-18(7(20)6(4)11)2-5(19)17-8(21)15-3-9(12,13)14/h1H,2-3H2,(H2,15,17,19,21). The Balaban J connectivity index is 2.61. The summed E-state index contributed by atoms with van der Waals surface area (Å²) in [5, 5.41) is 6.01. The summed E-state index contributed by atoms with van der Waals surface area (Å²) in [7, 11) is 0. The molecule has 0 aromatic carbocycles. The Bertz CT molecular complexity index is 617. The lowest BCUT2D eigenvalue weighted by Gasteiger charge is -2.09. The van der Waals surface area contributed by atoms with Gasteiger partial charge in [0.15, 0.2) is 0 Å². The summed E-state index contributed by atoms with van der Waals surface area (Å²) in [6.07, 6.45) is -3.61. The Hall–Kier alpha value is -1.81. The van der Waals surface area contributed by atoms with E-state index >= 15 is 0 Å². The molecule has 0 atom stereocenters. The van der Waals surface area contributed by atoms with Crippen molar-refractivity contribution in [2.75, 3.05) is 6.54 Å². The number of amides is 3. The number of alkyl halides is 3. The Kier molecular flexibility index (Phi) is 5.55. The van der Waals surface area contributed by atoms with E-state index < -0.39 is 36.8 Å². The van der Waals surface area contributed by atoms with Crippen LogP contribution < -0.4 is 16.2 Å². The fourth-order valence-electron chi connectivity index (χ4n) is 1.08. The number of carbonyl (C=O) groups is 2. The third-order valence-electron chi connectivity index (χ3n) is 1.94. The highest BCUT2D eigenvalue weighted by Gasteiger charge is 2.28. The van der Waals surface area contributed by atoms with Crippen LogP contribution in [0, 0.1) is 0 Å². The number of halogens is 5. The fraction of sp³-hybridized carbons (Fsp3) is 0.333. The lowest BCUT2D eigenvalue weighted by Crippen LogP contribution is -2.45. The zero-order chi connectivity index (χ0) is 16.2. The maximum Gasteiger partial charge on any atom is 0.405 e. The average molecular weight is 347 g/mol. The summed E-state index contributed by atoms with van der Waals surface area (Å²) in [6, 6.07) is -1.36. The van der Waals surface area contributed by atoms with Gasteiger partial charge in [-0.2, -0.15) is 18.3 Å². The molecule has 0 bridgehead atoms. The molecule has 116 valence electrons. The van der Waals surface area contributed by atoms with E-state index in [1.54, 1.807) is 5.32 Å². The zero-order valence-electron chi connectivity index (χ0n) is 10.0. The molecule has 0 fully saturated rings. The van der Waals surface area contributed by atoms with Gasteiger partial charge in [-0.15, -0.1) is 0 Å². The van der Waals surface area contributed by atoms with Gasteiger partial charge in [0.2, 0.25) is 5.91 Å². The fourth-order valence-corrected chi connectivity index (χ4v) is 1.36. The molecule has 0 saturated heterocycles. The highest BCUT2D eigenvalue weighted by Crippen LogP contribution is 2.14. The average Bonchev–Trinajstić information content (AvgIpc) is 2.36. The van der Waals surface area contributed by atoms with Gasteiger partial charge in [-0.25, -0.2) is 9.48 Å². The van der Waals surface area contributed by atoms with Crippen LogP contribution in [0.15, 0.2) is 11.0 Å². The third-order valence-corrected chi connectivity index (χ3v) is 2.69. The number of hydrogen-bond donors (Lipinski definition) is 2. The highest BCUT2D eigenvalue weighted by molar-refractivity contribution is 6.41. The lowest BCUT2D eigenvalue weighted by molar-refractivity contribution is -0.125. The first-order valence-corrected chi connectivity index (χ1v) is 5.91. The molecular formula is C9H7Cl2F3N4O3. The maximum absolute atomic E-state index is 11.8. The predicted molar refractivity (Wildman–Crippen MR) is 66.1 cm³/mol. The van der Waals surface area contributed by atoms with E-state index in [9.17, 15) is 27.6 Å². The van der Waals surface area contributed by atoms with E-state index in [-0.39, 0.29) is 10.0 Å². The number of hydrogen-bond acceptors (Lipinski definition) is 4. The molecule has 0 radical (unpaired) electrons. The summed E-state index contributed by atoms with van der Waals surface area (Å²) < 4.78 is 36.1. The van der Waals surface area contributed by atoms with Crippen molar-refractivity contribution >= 4 is 35.1 Å². The largest absolute Gasteiger partial charge is 0.405 e. The first-order chi connectivity index (χ1) is 9.60. The van der Waals surface area contributed by atoms with Crippen LogP contribution in [-0.2, 0) is 11.3 Å². The number of urea groups is 1. The second-order valence-corrected chi connectivity index (χ2v) is 4.40. The Labute approximate surface area is 125 Å². The van der Waals surface area contributed by atoms with Gasteiger partial charge in [-0.05, 0) is 0 Å². The van der Waals surface area contributed by atoms with Crippen LogP contribution in [0.2, 0.25) is 10.0 Å². The first-order valence-electron chi connectivity index (χ1n) is 5.15. The van der Waals surface area contributed by atoms with Crippen LogP contribution in [0.1, 0.15) is 0 Å². The molecule has 7 nitrogen and oxygen atoms in total. The molecule has 1 aromatic heterocycles. The van der Waals surface area contributed by atoms with E-state index in [1.165, 1.54) is 5.32 Å². The molecule has 1 rings (SSSR count). The van der Waals surface area contributed by atoms with Crippen LogP contribution in [0.4, 0.5) is 18.0 Å². The molecule has 3 amide bonds. The van der Waals surface area contributed by atoms with Crippen molar-refractivity contribution in [2.24, 2.45) is 0 Å². The van der Waals surface area contributed by atoms with Gasteiger partial charge in [-0.1, -0.05) is 23.2 Å². The Morgan fingerprint density at radius 1 is 1.33 bits per heavy atom. The Morgan fingerprint density at radius 2 is 1.95 bits per heavy atom. The van der Waals surface area contributed by atoms with E-state index in [2.05, 4.69) is 5.10 Å². The highest BCUT2D eigenvalue weighted by atomic mass is 35.5. The van der Waals surface area contributed by atoms with E-state index in [1.807, 2.05) is 0 Å². The van der Waals surface area contributed by atoms with Crippen molar-refractivity contribution in [3.8, 4) is 0 Å². The minimum Gasteiger partial charge on any atom is -0.329 e. The van der Waals surface area contributed by atoms with E-state index in [4.69, 9.17) is 23.2 Å². The van der Waals surface area contributed by atoms with Gasteiger partial charge in [0.1, 0.15) is 18.1 Å². The lowest BCUT2D eigenvalue weighted by atomic mass is 10.5. The second kappa shape index (κ2) is 6.76. The number of nitrogens with one attached hydrogen (secondary N) is 2. The van der Waals surface area contributed by atoms with Crippen LogP contribution in [0.25, 0.3) is 0 Å². The SMILES string of the molecule is O=C(Cn1ncc(Cl)c(Cl)c1=O)NC(=O)NCC(F)(F)F. The minimum absolute atomic E-state index is 0.124. The molecule has 21 heavy (non-hydrogen) atoms. The predicted octanol–water partition coefficient (Wildman–Crippen LogP) is 0.938. The van der Waals surface area contributed by atoms with E-state index in [0.717, 1.165) is 6.20 Å². The quantitative estimate of drug-likeness (QED) is 0.851. The van der Waals surface area contributed by atoms with Crippen LogP contribution in [0.3, 0.4) is 0 Å². The van der Waals surface area contributed by atoms with Crippen LogP contribution >= 0.6 is 23.2 Å². The monoisotopic (exact) mass is 346 g/mol. The molecule has 2 N–H and O–H groups in total. The summed E-state index contributed by atoms with van der Waals surface area (Å²) in [6.45, 7) is -2.31. The van der Waals surface area contributed by atoms with Crippen LogP contribution in [0.5, 0.6) is 0 Å². The molecule has 0 saturated carbocycles. The summed E-state index contributed by atoms with van der Waals surface area (Å²) in [5.41, 5.74) is -0.880. The van der Waals surface area contributed by atoms with Crippen molar-refractivity contribution in [3.05, 3.63) is 26.6 Å². The smallest absolute Gasteiger partial charge is 0.329 e. The van der Waals surface area contributed by atoms with Crippen molar-refractivity contribution in [1.29, 1.82) is 0 Å². The van der Waals surface area contributed by atoms with Gasteiger partial charge < -0.3 is 5.32 Å². The maximum atomic E-state index is 11.8. The summed E-state index contributed by atoms with van der Waals surface area (Å²) in [5.74, 6) is -1.05. The molecule has 0 aliphatic heterocycles. The number of carbonyl (C=O) groups excluding carboxylic acids is 2. The van der Waals surface area contributed by atoms with Crippen molar-refractivity contribution < 1.29 is 22.8 Å².